The van der Waals surface area contributed by atoms with E-state index in [1.807, 2.05) is 61.5 Å². The van der Waals surface area contributed by atoms with Crippen LogP contribution in [0.25, 0.3) is 22.1 Å². The van der Waals surface area contributed by atoms with Gasteiger partial charge in [-0.15, -0.1) is 0 Å². The van der Waals surface area contributed by atoms with Crippen LogP contribution in [-0.2, 0) is 10.0 Å². The maximum Gasteiger partial charge on any atom is 0.300 e. The largest absolute Gasteiger partial charge is 0.451 e. The molecule has 6 nitrogen and oxygen atoms in total. The van der Waals surface area contributed by atoms with E-state index in [1.165, 1.54) is 18.2 Å². The van der Waals surface area contributed by atoms with E-state index in [9.17, 15) is 13.2 Å². The van der Waals surface area contributed by atoms with Crippen molar-refractivity contribution < 1.29 is 17.6 Å². The molecule has 0 unspecified atom stereocenters. The molecule has 4 rings (SSSR count). The fraction of sp³-hybridized carbons (Fsp3) is 0.0870. The smallest absolute Gasteiger partial charge is 0.300 e. The molecule has 0 radical (unpaired) electrons. The summed E-state index contributed by atoms with van der Waals surface area (Å²) in [5, 5.41) is 0.718. The average molecular weight is 420 g/mol. The van der Waals surface area contributed by atoms with Crippen molar-refractivity contribution in [3.8, 4) is 11.1 Å². The molecule has 0 aliphatic carbocycles. The summed E-state index contributed by atoms with van der Waals surface area (Å²) in [7, 11) is -0.241. The number of furan rings is 1. The zero-order chi connectivity index (χ0) is 21.3. The lowest BCUT2D eigenvalue weighted by molar-refractivity contribution is 0.0956. The van der Waals surface area contributed by atoms with Crippen LogP contribution >= 0.6 is 0 Å². The van der Waals surface area contributed by atoms with E-state index < -0.39 is 15.9 Å². The van der Waals surface area contributed by atoms with Crippen LogP contribution in [0.5, 0.6) is 0 Å². The third kappa shape index (κ3) is 3.92. The van der Waals surface area contributed by atoms with E-state index >= 15 is 0 Å². The molecule has 1 aromatic heterocycles. The highest BCUT2D eigenvalue weighted by atomic mass is 32.2. The Kier molecular flexibility index (Phi) is 5.05. The number of benzene rings is 3. The molecule has 0 saturated heterocycles. The molecule has 0 bridgehead atoms. The third-order valence-corrected chi connectivity index (χ3v) is 6.09. The second-order valence-corrected chi connectivity index (χ2v) is 8.73. The minimum atomic E-state index is -4.03. The van der Waals surface area contributed by atoms with Crippen molar-refractivity contribution in [3.05, 3.63) is 84.6 Å². The monoisotopic (exact) mass is 420 g/mol. The van der Waals surface area contributed by atoms with E-state index in [4.69, 9.17) is 4.42 Å². The number of hydrogen-bond acceptors (Lipinski definition) is 5. The Labute approximate surface area is 174 Å². The van der Waals surface area contributed by atoms with E-state index in [0.717, 1.165) is 22.2 Å². The first-order chi connectivity index (χ1) is 14.3. The van der Waals surface area contributed by atoms with Crippen LogP contribution in [0, 0.1) is 0 Å². The predicted molar refractivity (Wildman–Crippen MR) is 117 cm³/mol. The fourth-order valence-electron chi connectivity index (χ4n) is 3.10. The van der Waals surface area contributed by atoms with E-state index in [-0.39, 0.29) is 10.7 Å². The van der Waals surface area contributed by atoms with Crippen molar-refractivity contribution in [3.63, 3.8) is 0 Å². The maximum atomic E-state index is 12.6. The molecular weight excluding hydrogens is 400 g/mol. The summed E-state index contributed by atoms with van der Waals surface area (Å²) in [6.07, 6.45) is 0. The molecule has 0 aliphatic heterocycles. The Morgan fingerprint density at radius 3 is 2.20 bits per heavy atom. The van der Waals surface area contributed by atoms with Crippen molar-refractivity contribution in [1.82, 2.24) is 4.72 Å². The van der Waals surface area contributed by atoms with Crippen molar-refractivity contribution in [1.29, 1.82) is 0 Å². The van der Waals surface area contributed by atoms with E-state index in [0.29, 0.717) is 5.58 Å². The molecule has 1 amide bonds. The first-order valence-electron chi connectivity index (χ1n) is 9.27. The van der Waals surface area contributed by atoms with Gasteiger partial charge in [-0.05, 0) is 41.5 Å². The van der Waals surface area contributed by atoms with Gasteiger partial charge in [0.1, 0.15) is 5.58 Å². The van der Waals surface area contributed by atoms with Gasteiger partial charge in [-0.25, -0.2) is 13.1 Å². The lowest BCUT2D eigenvalue weighted by atomic mass is 10.1. The molecule has 0 fully saturated rings. The molecule has 1 N–H and O–H groups in total. The molecule has 4 aromatic rings. The normalized spacial score (nSPS) is 11.4. The first-order valence-corrected chi connectivity index (χ1v) is 10.8. The highest BCUT2D eigenvalue weighted by Gasteiger charge is 2.21. The molecule has 1 heterocycles. The number of fused-ring (bicyclic) bond motifs is 1. The first kappa shape index (κ1) is 19.7. The summed E-state index contributed by atoms with van der Waals surface area (Å²) in [4.78, 5) is 14.4. The van der Waals surface area contributed by atoms with Crippen molar-refractivity contribution >= 4 is 32.6 Å². The number of rotatable bonds is 5. The van der Waals surface area contributed by atoms with Crippen molar-refractivity contribution in [2.75, 3.05) is 19.0 Å². The van der Waals surface area contributed by atoms with Crippen molar-refractivity contribution in [2.45, 2.75) is 4.90 Å². The van der Waals surface area contributed by atoms with Crippen LogP contribution in [0.3, 0.4) is 0 Å². The summed E-state index contributed by atoms with van der Waals surface area (Å²) in [5.41, 5.74) is 3.28. The SMILES string of the molecule is CN(C)c1ccc2cc(C(=O)NS(=O)(=O)c3ccc(-c4ccccc4)cc3)oc2c1. The number of amides is 1. The molecule has 3 aromatic carbocycles. The van der Waals surface area contributed by atoms with Crippen LogP contribution < -0.4 is 9.62 Å². The predicted octanol–water partition coefficient (Wildman–Crippen LogP) is 4.28. The van der Waals surface area contributed by atoms with Gasteiger partial charge in [0.2, 0.25) is 0 Å². The highest BCUT2D eigenvalue weighted by Crippen LogP contribution is 2.25. The summed E-state index contributed by atoms with van der Waals surface area (Å²) < 4.78 is 32.9. The average Bonchev–Trinajstić information content (AvgIpc) is 3.18. The summed E-state index contributed by atoms with van der Waals surface area (Å²) in [6.45, 7) is 0. The zero-order valence-electron chi connectivity index (χ0n) is 16.5. The van der Waals surface area contributed by atoms with Gasteiger partial charge in [0.05, 0.1) is 4.90 Å². The second kappa shape index (κ2) is 7.68. The number of carbonyl (C=O) groups is 1. The van der Waals surface area contributed by atoms with Crippen LogP contribution in [0.4, 0.5) is 5.69 Å². The molecule has 0 atom stereocenters. The van der Waals surface area contributed by atoms with Gasteiger partial charge in [0.15, 0.2) is 5.76 Å². The second-order valence-electron chi connectivity index (χ2n) is 7.05. The van der Waals surface area contributed by atoms with Gasteiger partial charge >= 0.3 is 5.91 Å². The summed E-state index contributed by atoms with van der Waals surface area (Å²) >= 11 is 0. The Morgan fingerprint density at radius 2 is 1.53 bits per heavy atom. The minimum Gasteiger partial charge on any atom is -0.451 e. The lowest BCUT2D eigenvalue weighted by Gasteiger charge is -2.11. The lowest BCUT2D eigenvalue weighted by Crippen LogP contribution is -2.30. The van der Waals surface area contributed by atoms with Gasteiger partial charge in [0, 0.05) is 31.2 Å². The molecular formula is C23H20N2O4S. The number of nitrogens with zero attached hydrogens (tertiary/aromatic N) is 1. The molecule has 0 saturated carbocycles. The molecule has 7 heteroatoms. The molecule has 30 heavy (non-hydrogen) atoms. The van der Waals surface area contributed by atoms with Crippen molar-refractivity contribution in [2.24, 2.45) is 0 Å². The highest BCUT2D eigenvalue weighted by molar-refractivity contribution is 7.90. The van der Waals surface area contributed by atoms with Crippen LogP contribution in [0.2, 0.25) is 0 Å². The van der Waals surface area contributed by atoms with Gasteiger partial charge in [-0.3, -0.25) is 4.79 Å². The minimum absolute atomic E-state index is 0.00142. The third-order valence-electron chi connectivity index (χ3n) is 4.74. The molecule has 0 aliphatic rings. The van der Waals surface area contributed by atoms with Gasteiger partial charge in [-0.1, -0.05) is 42.5 Å². The number of hydrogen-bond donors (Lipinski definition) is 1. The van der Waals surface area contributed by atoms with Gasteiger partial charge in [-0.2, -0.15) is 0 Å². The quantitative estimate of drug-likeness (QED) is 0.521. The van der Waals surface area contributed by atoms with Crippen LogP contribution in [0.15, 0.2) is 88.2 Å². The number of sulfonamides is 1. The van der Waals surface area contributed by atoms with E-state index in [1.54, 1.807) is 18.2 Å². The number of nitrogens with one attached hydrogen (secondary N) is 1. The summed E-state index contributed by atoms with van der Waals surface area (Å²) in [5.74, 6) is -0.880. The Morgan fingerprint density at radius 1 is 0.867 bits per heavy atom. The fourth-order valence-corrected chi connectivity index (χ4v) is 4.06. The Bertz CT molecular complexity index is 1310. The standard InChI is InChI=1S/C23H20N2O4S/c1-25(2)19-11-8-18-14-22(29-21(18)15-19)23(26)24-30(27,28)20-12-9-17(10-13-20)16-6-4-3-5-7-16/h3-15H,1-2H3,(H,24,26). The molecule has 0 spiro atoms. The van der Waals surface area contributed by atoms with Gasteiger partial charge < -0.3 is 9.32 Å². The maximum absolute atomic E-state index is 12.6. The summed E-state index contributed by atoms with van der Waals surface area (Å²) in [6, 6.07) is 23.0. The number of anilines is 1. The van der Waals surface area contributed by atoms with Crippen LogP contribution in [-0.4, -0.2) is 28.4 Å². The Hall–Kier alpha value is -3.58. The Balaban J connectivity index is 1.55. The molecule has 152 valence electrons. The number of carbonyl (C=O) groups excluding carboxylic acids is 1. The topological polar surface area (TPSA) is 79.6 Å². The zero-order valence-corrected chi connectivity index (χ0v) is 17.3. The van der Waals surface area contributed by atoms with E-state index in [2.05, 4.69) is 4.72 Å². The van der Waals surface area contributed by atoms with Crippen LogP contribution in [0.1, 0.15) is 10.6 Å². The van der Waals surface area contributed by atoms with Gasteiger partial charge in [0.25, 0.3) is 10.0 Å².